The zero-order chi connectivity index (χ0) is 20.6. The number of nitro benzene ring substituents is 1. The molecule has 10 heteroatoms. The molecule has 0 radical (unpaired) electrons. The molecule has 1 aromatic heterocycles. The lowest BCUT2D eigenvalue weighted by Crippen LogP contribution is -2.38. The maximum atomic E-state index is 13.0. The van der Waals surface area contributed by atoms with Crippen LogP contribution >= 0.6 is 0 Å². The van der Waals surface area contributed by atoms with E-state index in [-0.39, 0.29) is 22.3 Å². The number of para-hydroxylation sites is 2. The molecule has 1 N–H and O–H groups in total. The van der Waals surface area contributed by atoms with Crippen molar-refractivity contribution in [3.63, 3.8) is 0 Å². The highest BCUT2D eigenvalue weighted by Gasteiger charge is 2.32. The monoisotopic (exact) mass is 416 g/mol. The van der Waals surface area contributed by atoms with Crippen molar-refractivity contribution in [1.82, 2.24) is 14.3 Å². The first-order valence-corrected chi connectivity index (χ1v) is 10.6. The molecule has 152 valence electrons. The highest BCUT2D eigenvalue weighted by Crippen LogP contribution is 2.33. The number of nitro groups is 1. The molecule has 0 bridgehead atoms. The van der Waals surface area contributed by atoms with E-state index in [1.165, 1.54) is 23.5 Å². The van der Waals surface area contributed by atoms with Crippen LogP contribution in [0.4, 0.5) is 5.69 Å². The Kier molecular flexibility index (Phi) is 4.97. The summed E-state index contributed by atoms with van der Waals surface area (Å²) >= 11 is 0. The molecule has 0 atom stereocenters. The third-order valence-electron chi connectivity index (χ3n) is 5.23. The average Bonchev–Trinajstić information content (AvgIpc) is 3.17. The van der Waals surface area contributed by atoms with Crippen LogP contribution in [0.2, 0.25) is 0 Å². The lowest BCUT2D eigenvalue weighted by atomic mass is 9.97. The number of benzene rings is 2. The molecule has 9 nitrogen and oxygen atoms in total. The molecule has 0 saturated carbocycles. The molecular weight excluding hydrogens is 396 g/mol. The van der Waals surface area contributed by atoms with Crippen LogP contribution in [-0.4, -0.2) is 47.8 Å². The number of nitrogens with one attached hydrogen (secondary N) is 1. The Morgan fingerprint density at radius 2 is 1.93 bits per heavy atom. The fourth-order valence-electron chi connectivity index (χ4n) is 3.66. The number of fused-ring (bicyclic) bond motifs is 1. The van der Waals surface area contributed by atoms with Gasteiger partial charge in [0.1, 0.15) is 5.82 Å². The number of ether oxygens (including phenoxy) is 1. The van der Waals surface area contributed by atoms with Crippen molar-refractivity contribution in [2.75, 3.05) is 20.2 Å². The Hall–Kier alpha value is -2.98. The van der Waals surface area contributed by atoms with Crippen molar-refractivity contribution < 1.29 is 18.1 Å². The summed E-state index contributed by atoms with van der Waals surface area (Å²) in [6.07, 6.45) is 1.24. The van der Waals surface area contributed by atoms with Gasteiger partial charge in [-0.3, -0.25) is 10.1 Å². The molecule has 0 aliphatic carbocycles. The summed E-state index contributed by atoms with van der Waals surface area (Å²) in [5.41, 5.74) is 1.48. The number of rotatable bonds is 5. The van der Waals surface area contributed by atoms with E-state index < -0.39 is 14.9 Å². The highest BCUT2D eigenvalue weighted by atomic mass is 32.2. The van der Waals surface area contributed by atoms with E-state index >= 15 is 0 Å². The summed E-state index contributed by atoms with van der Waals surface area (Å²) in [6.45, 7) is 0.647. The first-order chi connectivity index (χ1) is 13.9. The molecular formula is C19H20N4O5S. The average molecular weight is 416 g/mol. The standard InChI is InChI=1S/C19H20N4O5S/c1-28-18-7-6-14(12-17(18)23(24)25)29(26,27)22-10-8-13(9-11-22)19-20-15-4-2-3-5-16(15)21-19/h2-7,12-13H,8-11H2,1H3,(H,20,21). The first kappa shape index (κ1) is 19.3. The van der Waals surface area contributed by atoms with Crippen LogP contribution in [0, 0.1) is 10.1 Å². The maximum absolute atomic E-state index is 13.0. The lowest BCUT2D eigenvalue weighted by molar-refractivity contribution is -0.386. The van der Waals surface area contributed by atoms with Gasteiger partial charge in [0.05, 0.1) is 28.0 Å². The zero-order valence-electron chi connectivity index (χ0n) is 15.7. The third kappa shape index (κ3) is 3.56. The van der Waals surface area contributed by atoms with E-state index in [4.69, 9.17) is 4.74 Å². The van der Waals surface area contributed by atoms with Crippen molar-refractivity contribution in [1.29, 1.82) is 0 Å². The molecule has 1 fully saturated rings. The minimum absolute atomic E-state index is 0.0255. The molecule has 3 aromatic rings. The van der Waals surface area contributed by atoms with Gasteiger partial charge in [0.15, 0.2) is 5.75 Å². The van der Waals surface area contributed by atoms with Crippen molar-refractivity contribution in [3.8, 4) is 5.75 Å². The number of aromatic amines is 1. The topological polar surface area (TPSA) is 118 Å². The number of imidazole rings is 1. The van der Waals surface area contributed by atoms with Crippen LogP contribution in [0.15, 0.2) is 47.4 Å². The molecule has 1 aliphatic rings. The second-order valence-electron chi connectivity index (χ2n) is 6.91. The van der Waals surface area contributed by atoms with Gasteiger partial charge in [-0.1, -0.05) is 12.1 Å². The molecule has 2 aromatic carbocycles. The predicted molar refractivity (Wildman–Crippen MR) is 106 cm³/mol. The van der Waals surface area contributed by atoms with Gasteiger partial charge < -0.3 is 9.72 Å². The molecule has 0 unspecified atom stereocenters. The van der Waals surface area contributed by atoms with Crippen LogP contribution in [-0.2, 0) is 10.0 Å². The minimum Gasteiger partial charge on any atom is -0.490 e. The largest absolute Gasteiger partial charge is 0.490 e. The SMILES string of the molecule is COc1ccc(S(=O)(=O)N2CCC(c3nc4ccccc4[nH]3)CC2)cc1[N+](=O)[O-]. The van der Waals surface area contributed by atoms with Crippen molar-refractivity contribution >= 4 is 26.7 Å². The summed E-state index contributed by atoms with van der Waals surface area (Å²) < 4.78 is 32.3. The van der Waals surface area contributed by atoms with Crippen molar-refractivity contribution in [2.45, 2.75) is 23.7 Å². The van der Waals surface area contributed by atoms with Crippen LogP contribution in [0.3, 0.4) is 0 Å². The van der Waals surface area contributed by atoms with Gasteiger partial charge in [-0.2, -0.15) is 4.31 Å². The Labute approximate surface area is 167 Å². The molecule has 0 spiro atoms. The molecule has 29 heavy (non-hydrogen) atoms. The fourth-order valence-corrected chi connectivity index (χ4v) is 5.15. The van der Waals surface area contributed by atoms with Gasteiger partial charge in [0, 0.05) is 25.1 Å². The number of aromatic nitrogens is 2. The number of H-pyrrole nitrogens is 1. The molecule has 2 heterocycles. The highest BCUT2D eigenvalue weighted by molar-refractivity contribution is 7.89. The fraction of sp³-hybridized carbons (Fsp3) is 0.316. The van der Waals surface area contributed by atoms with E-state index in [1.807, 2.05) is 24.3 Å². The van der Waals surface area contributed by atoms with Crippen LogP contribution in [0.1, 0.15) is 24.6 Å². The van der Waals surface area contributed by atoms with Crippen molar-refractivity contribution in [3.05, 3.63) is 58.4 Å². The van der Waals surface area contributed by atoms with E-state index in [0.29, 0.717) is 25.9 Å². The Morgan fingerprint density at radius 3 is 2.59 bits per heavy atom. The first-order valence-electron chi connectivity index (χ1n) is 9.17. The zero-order valence-corrected chi connectivity index (χ0v) is 16.6. The quantitative estimate of drug-likeness (QED) is 0.504. The van der Waals surface area contributed by atoms with Crippen LogP contribution in [0.5, 0.6) is 5.75 Å². The second kappa shape index (κ2) is 7.45. The van der Waals surface area contributed by atoms with Crippen molar-refractivity contribution in [2.24, 2.45) is 0 Å². The predicted octanol–water partition coefficient (Wildman–Crippen LogP) is 3.05. The van der Waals surface area contributed by atoms with Gasteiger partial charge in [0.2, 0.25) is 10.0 Å². The van der Waals surface area contributed by atoms with E-state index in [0.717, 1.165) is 22.9 Å². The molecule has 4 rings (SSSR count). The number of methoxy groups -OCH3 is 1. The molecule has 0 amide bonds. The van der Waals surface area contributed by atoms with Crippen LogP contribution in [0.25, 0.3) is 11.0 Å². The summed E-state index contributed by atoms with van der Waals surface area (Å²) in [4.78, 5) is 18.4. The normalized spacial score (nSPS) is 16.2. The van der Waals surface area contributed by atoms with Crippen LogP contribution < -0.4 is 4.74 Å². The van der Waals surface area contributed by atoms with Gasteiger partial charge in [-0.25, -0.2) is 13.4 Å². The summed E-state index contributed by atoms with van der Waals surface area (Å²) in [7, 11) is -2.53. The van der Waals surface area contributed by atoms with Gasteiger partial charge in [-0.05, 0) is 37.1 Å². The van der Waals surface area contributed by atoms with E-state index in [2.05, 4.69) is 9.97 Å². The smallest absolute Gasteiger partial charge is 0.312 e. The van der Waals surface area contributed by atoms with Gasteiger partial charge in [0.25, 0.3) is 0 Å². The number of sulfonamides is 1. The number of hydrogen-bond acceptors (Lipinski definition) is 6. The summed E-state index contributed by atoms with van der Waals surface area (Å²) in [5, 5.41) is 11.2. The Morgan fingerprint density at radius 1 is 1.21 bits per heavy atom. The van der Waals surface area contributed by atoms with E-state index in [9.17, 15) is 18.5 Å². The number of nitrogens with zero attached hydrogens (tertiary/aromatic N) is 3. The third-order valence-corrected chi connectivity index (χ3v) is 7.13. The maximum Gasteiger partial charge on any atom is 0.312 e. The lowest BCUT2D eigenvalue weighted by Gasteiger charge is -2.30. The molecule has 1 saturated heterocycles. The number of hydrogen-bond donors (Lipinski definition) is 1. The van der Waals surface area contributed by atoms with E-state index in [1.54, 1.807) is 0 Å². The number of piperidine rings is 1. The second-order valence-corrected chi connectivity index (χ2v) is 8.85. The minimum atomic E-state index is -3.83. The summed E-state index contributed by atoms with van der Waals surface area (Å²) in [5.74, 6) is 1.03. The van der Waals surface area contributed by atoms with Gasteiger partial charge >= 0.3 is 5.69 Å². The Balaban J connectivity index is 1.53. The van der Waals surface area contributed by atoms with Gasteiger partial charge in [-0.15, -0.1) is 0 Å². The Bertz CT molecular complexity index is 1130. The molecule has 1 aliphatic heterocycles. The summed E-state index contributed by atoms with van der Waals surface area (Å²) in [6, 6.07) is 11.5.